The van der Waals surface area contributed by atoms with Gasteiger partial charge in [0.2, 0.25) is 0 Å². The second-order valence-electron chi connectivity index (χ2n) is 6.94. The topological polar surface area (TPSA) is 53.2 Å². The highest BCUT2D eigenvalue weighted by Crippen LogP contribution is 2.28. The first-order chi connectivity index (χ1) is 12.3. The number of hydrogen-bond acceptors (Lipinski definition) is 2. The summed E-state index contributed by atoms with van der Waals surface area (Å²) in [5, 5.41) is 0.739. The first-order valence-corrected chi connectivity index (χ1v) is 8.76. The average molecular weight is 366 g/mol. The third kappa shape index (κ3) is 3.92. The molecule has 1 aromatic heterocycles. The Morgan fingerprint density at radius 2 is 1.88 bits per heavy atom. The van der Waals surface area contributed by atoms with Crippen LogP contribution in [0.5, 0.6) is 0 Å². The van der Waals surface area contributed by atoms with Gasteiger partial charge in [0.05, 0.1) is 6.54 Å². The summed E-state index contributed by atoms with van der Waals surface area (Å²) in [6, 6.07) is 6.56. The lowest BCUT2D eigenvalue weighted by molar-refractivity contribution is -0.189. The van der Waals surface area contributed by atoms with Crippen molar-refractivity contribution in [3.8, 4) is 0 Å². The molecule has 0 atom stereocenters. The number of carbonyl (C=O) groups is 1. The summed E-state index contributed by atoms with van der Waals surface area (Å²) in [4.78, 5) is 27.9. The monoisotopic (exact) mass is 366 g/mol. The SMILES string of the molecule is Cc1ccc2[nH]c(=O)c(CN(C(=O)C(F)(F)F)C3CCCCC3)cc2c1. The van der Waals surface area contributed by atoms with Crippen LogP contribution in [0.15, 0.2) is 29.1 Å². The summed E-state index contributed by atoms with van der Waals surface area (Å²) in [5.74, 6) is -1.87. The zero-order chi connectivity index (χ0) is 18.9. The Kier molecular flexibility index (Phi) is 5.07. The van der Waals surface area contributed by atoms with Gasteiger partial charge in [-0.3, -0.25) is 9.59 Å². The van der Waals surface area contributed by atoms with E-state index in [0.29, 0.717) is 18.4 Å². The zero-order valence-corrected chi connectivity index (χ0v) is 14.5. The second-order valence-corrected chi connectivity index (χ2v) is 6.94. The van der Waals surface area contributed by atoms with Crippen LogP contribution >= 0.6 is 0 Å². The number of rotatable bonds is 3. The summed E-state index contributed by atoms with van der Waals surface area (Å²) < 4.78 is 39.3. The number of aromatic amines is 1. The predicted molar refractivity (Wildman–Crippen MR) is 92.8 cm³/mol. The van der Waals surface area contributed by atoms with Crippen LogP contribution in [0.4, 0.5) is 13.2 Å². The van der Waals surface area contributed by atoms with E-state index in [-0.39, 0.29) is 12.1 Å². The van der Waals surface area contributed by atoms with E-state index in [0.717, 1.165) is 35.1 Å². The van der Waals surface area contributed by atoms with E-state index >= 15 is 0 Å². The number of halogens is 3. The van der Waals surface area contributed by atoms with Gasteiger partial charge < -0.3 is 9.88 Å². The quantitative estimate of drug-likeness (QED) is 0.891. The number of aromatic nitrogens is 1. The van der Waals surface area contributed by atoms with Crippen molar-refractivity contribution < 1.29 is 18.0 Å². The van der Waals surface area contributed by atoms with Gasteiger partial charge in [-0.05, 0) is 43.4 Å². The fourth-order valence-corrected chi connectivity index (χ4v) is 3.59. The Bertz CT molecular complexity index is 867. The van der Waals surface area contributed by atoms with E-state index in [1.54, 1.807) is 12.1 Å². The Hall–Kier alpha value is -2.31. The maximum Gasteiger partial charge on any atom is 0.471 e. The highest BCUT2D eigenvalue weighted by Gasteiger charge is 2.44. The molecule has 1 aliphatic carbocycles. The predicted octanol–water partition coefficient (Wildman–Crippen LogP) is 4.06. The van der Waals surface area contributed by atoms with Gasteiger partial charge in [-0.1, -0.05) is 30.9 Å². The summed E-state index contributed by atoms with van der Waals surface area (Å²) in [7, 11) is 0. The van der Waals surface area contributed by atoms with Crippen LogP contribution in [0.2, 0.25) is 0 Å². The standard InChI is InChI=1S/C19H21F3N2O2/c1-12-7-8-16-13(9-12)10-14(17(25)23-16)11-24(18(26)19(20,21)22)15-5-3-2-4-6-15/h7-10,15H,2-6,11H2,1H3,(H,23,25). The van der Waals surface area contributed by atoms with E-state index in [9.17, 15) is 22.8 Å². The lowest BCUT2D eigenvalue weighted by Crippen LogP contribution is -2.48. The number of alkyl halides is 3. The molecule has 7 heteroatoms. The number of nitrogens with zero attached hydrogens (tertiary/aromatic N) is 1. The van der Waals surface area contributed by atoms with Crippen LogP contribution in [0.3, 0.4) is 0 Å². The van der Waals surface area contributed by atoms with Crippen LogP contribution in [0.25, 0.3) is 10.9 Å². The number of carbonyl (C=O) groups excluding carboxylic acids is 1. The maximum atomic E-state index is 13.1. The third-order valence-electron chi connectivity index (χ3n) is 4.94. The molecule has 4 nitrogen and oxygen atoms in total. The highest BCUT2D eigenvalue weighted by atomic mass is 19.4. The number of hydrogen-bond donors (Lipinski definition) is 1. The lowest BCUT2D eigenvalue weighted by atomic mass is 9.93. The molecule has 1 saturated carbocycles. The fraction of sp³-hybridized carbons (Fsp3) is 0.474. The number of aryl methyl sites for hydroxylation is 1. The van der Waals surface area contributed by atoms with Crippen molar-refractivity contribution in [1.82, 2.24) is 9.88 Å². The molecule has 0 spiro atoms. The van der Waals surface area contributed by atoms with E-state index in [1.165, 1.54) is 0 Å². The molecule has 1 heterocycles. The van der Waals surface area contributed by atoms with Gasteiger partial charge in [-0.25, -0.2) is 0 Å². The van der Waals surface area contributed by atoms with Gasteiger partial charge in [0.1, 0.15) is 0 Å². The van der Waals surface area contributed by atoms with Gasteiger partial charge in [-0.2, -0.15) is 13.2 Å². The number of pyridine rings is 1. The van der Waals surface area contributed by atoms with Gasteiger partial charge in [0.25, 0.3) is 5.56 Å². The van der Waals surface area contributed by atoms with Crippen LogP contribution in [0, 0.1) is 6.92 Å². The molecule has 0 radical (unpaired) electrons. The molecule has 1 amide bonds. The number of H-pyrrole nitrogens is 1. The lowest BCUT2D eigenvalue weighted by Gasteiger charge is -2.34. The molecule has 0 bridgehead atoms. The second kappa shape index (κ2) is 7.13. The molecule has 3 rings (SSSR count). The molecule has 140 valence electrons. The zero-order valence-electron chi connectivity index (χ0n) is 14.5. The van der Waals surface area contributed by atoms with Crippen molar-refractivity contribution in [2.75, 3.05) is 0 Å². The molecule has 1 aliphatic rings. The van der Waals surface area contributed by atoms with E-state index in [2.05, 4.69) is 4.98 Å². The van der Waals surface area contributed by atoms with Crippen molar-refractivity contribution in [2.45, 2.75) is 57.8 Å². The number of fused-ring (bicyclic) bond motifs is 1. The van der Waals surface area contributed by atoms with E-state index in [4.69, 9.17) is 0 Å². The molecule has 1 fully saturated rings. The summed E-state index contributed by atoms with van der Waals surface area (Å²) in [6.07, 6.45) is -1.34. The minimum atomic E-state index is -4.95. The molecule has 0 unspecified atom stereocenters. The number of nitrogens with one attached hydrogen (secondary N) is 1. The summed E-state index contributed by atoms with van der Waals surface area (Å²) >= 11 is 0. The minimum Gasteiger partial charge on any atom is -0.327 e. The normalized spacial score (nSPS) is 16.0. The molecular weight excluding hydrogens is 345 g/mol. The molecule has 2 aromatic rings. The van der Waals surface area contributed by atoms with Crippen molar-refractivity contribution in [1.29, 1.82) is 0 Å². The largest absolute Gasteiger partial charge is 0.471 e. The molecule has 0 saturated heterocycles. The minimum absolute atomic E-state index is 0.172. The van der Waals surface area contributed by atoms with Crippen molar-refractivity contribution in [3.63, 3.8) is 0 Å². The molecule has 26 heavy (non-hydrogen) atoms. The molecule has 1 aromatic carbocycles. The maximum absolute atomic E-state index is 13.1. The summed E-state index contributed by atoms with van der Waals surface area (Å²) in [5.41, 5.74) is 1.31. The van der Waals surface area contributed by atoms with Gasteiger partial charge >= 0.3 is 12.1 Å². The molecule has 0 aliphatic heterocycles. The highest BCUT2D eigenvalue weighted by molar-refractivity contribution is 5.83. The first-order valence-electron chi connectivity index (χ1n) is 8.76. The summed E-state index contributed by atoms with van der Waals surface area (Å²) in [6.45, 7) is 1.56. The van der Waals surface area contributed by atoms with Gasteiger partial charge in [-0.15, -0.1) is 0 Å². The fourth-order valence-electron chi connectivity index (χ4n) is 3.59. The Morgan fingerprint density at radius 1 is 1.19 bits per heavy atom. The van der Waals surface area contributed by atoms with Gasteiger partial charge in [0.15, 0.2) is 0 Å². The van der Waals surface area contributed by atoms with Crippen molar-refractivity contribution in [2.24, 2.45) is 0 Å². The van der Waals surface area contributed by atoms with Crippen LogP contribution in [0.1, 0.15) is 43.2 Å². The molecular formula is C19H21F3N2O2. The van der Waals surface area contributed by atoms with Crippen LogP contribution in [-0.4, -0.2) is 28.0 Å². The number of benzene rings is 1. The number of amides is 1. The third-order valence-corrected chi connectivity index (χ3v) is 4.94. The van der Waals surface area contributed by atoms with Gasteiger partial charge in [0, 0.05) is 17.1 Å². The van der Waals surface area contributed by atoms with Crippen molar-refractivity contribution >= 4 is 16.8 Å². The Labute approximate surface area is 149 Å². The van der Waals surface area contributed by atoms with Crippen molar-refractivity contribution in [3.05, 3.63) is 45.7 Å². The average Bonchev–Trinajstić information content (AvgIpc) is 2.59. The molecule has 1 N–H and O–H groups in total. The van der Waals surface area contributed by atoms with Crippen LogP contribution < -0.4 is 5.56 Å². The Balaban J connectivity index is 1.97. The van der Waals surface area contributed by atoms with Crippen LogP contribution in [-0.2, 0) is 11.3 Å². The van der Waals surface area contributed by atoms with E-state index in [1.807, 2.05) is 19.1 Å². The smallest absolute Gasteiger partial charge is 0.327 e. The Morgan fingerprint density at radius 3 is 2.54 bits per heavy atom. The van der Waals surface area contributed by atoms with E-state index < -0.39 is 23.7 Å². The first kappa shape index (κ1) is 18.5.